The van der Waals surface area contributed by atoms with E-state index in [-0.39, 0.29) is 17.2 Å². The second-order valence-electron chi connectivity index (χ2n) is 5.54. The van der Waals surface area contributed by atoms with Crippen molar-refractivity contribution < 1.29 is 9.90 Å². The number of rotatable bonds is 3. The van der Waals surface area contributed by atoms with Crippen LogP contribution in [0.2, 0.25) is 0 Å². The van der Waals surface area contributed by atoms with E-state index in [2.05, 4.69) is 19.2 Å². The predicted octanol–water partition coefficient (Wildman–Crippen LogP) is 1.06. The molecule has 1 atom stereocenters. The minimum absolute atomic E-state index is 0.121. The second-order valence-corrected chi connectivity index (χ2v) is 5.54. The molecular weight excluding hydrogens is 178 g/mol. The van der Waals surface area contributed by atoms with Gasteiger partial charge in [0.15, 0.2) is 0 Å². The van der Waals surface area contributed by atoms with Gasteiger partial charge >= 0.3 is 0 Å². The fourth-order valence-electron chi connectivity index (χ4n) is 2.05. The van der Waals surface area contributed by atoms with Crippen molar-refractivity contribution in [1.29, 1.82) is 0 Å². The molecule has 2 fully saturated rings. The number of hydrogen-bond donors (Lipinski definition) is 2. The summed E-state index contributed by atoms with van der Waals surface area (Å²) in [4.78, 5) is 11.6. The number of carbonyl (C=O) groups is 1. The number of hydrogen-bond acceptors (Lipinski definition) is 2. The van der Waals surface area contributed by atoms with Gasteiger partial charge in [0.05, 0.1) is 5.60 Å². The van der Waals surface area contributed by atoms with Gasteiger partial charge in [-0.15, -0.1) is 0 Å². The summed E-state index contributed by atoms with van der Waals surface area (Å²) in [7, 11) is 0. The lowest BCUT2D eigenvalue weighted by Crippen LogP contribution is -2.48. The van der Waals surface area contributed by atoms with E-state index in [0.29, 0.717) is 6.54 Å². The van der Waals surface area contributed by atoms with Gasteiger partial charge in [0.2, 0.25) is 5.91 Å². The molecule has 2 aliphatic rings. The molecule has 3 nitrogen and oxygen atoms in total. The minimum Gasteiger partial charge on any atom is -0.388 e. The Hall–Kier alpha value is -0.570. The summed E-state index contributed by atoms with van der Waals surface area (Å²) in [5.41, 5.74) is -0.402. The molecule has 0 aliphatic heterocycles. The molecule has 0 aromatic rings. The summed E-state index contributed by atoms with van der Waals surface area (Å²) in [6.07, 6.45) is 3.74. The number of carbonyl (C=O) groups excluding carboxylic acids is 1. The van der Waals surface area contributed by atoms with E-state index < -0.39 is 5.60 Å². The molecule has 1 unspecified atom stereocenters. The van der Waals surface area contributed by atoms with Crippen molar-refractivity contribution in [2.75, 3.05) is 6.54 Å². The summed E-state index contributed by atoms with van der Waals surface area (Å²) in [6.45, 7) is 4.66. The molecule has 80 valence electrons. The van der Waals surface area contributed by atoms with Gasteiger partial charge in [0.1, 0.15) is 0 Å². The van der Waals surface area contributed by atoms with E-state index in [9.17, 15) is 9.90 Å². The summed E-state index contributed by atoms with van der Waals surface area (Å²) < 4.78 is 0. The maximum atomic E-state index is 11.6. The van der Waals surface area contributed by atoms with Gasteiger partial charge in [-0.1, -0.05) is 13.8 Å². The predicted molar refractivity (Wildman–Crippen MR) is 53.7 cm³/mol. The molecular formula is C11H19NO2. The Morgan fingerprint density at radius 1 is 1.50 bits per heavy atom. The van der Waals surface area contributed by atoms with Crippen molar-refractivity contribution in [3.05, 3.63) is 0 Å². The van der Waals surface area contributed by atoms with Gasteiger partial charge in [-0.2, -0.15) is 0 Å². The Morgan fingerprint density at radius 3 is 2.43 bits per heavy atom. The zero-order valence-corrected chi connectivity index (χ0v) is 8.97. The highest BCUT2D eigenvalue weighted by atomic mass is 16.3. The molecule has 2 saturated carbocycles. The Balaban J connectivity index is 1.74. The first-order valence-electron chi connectivity index (χ1n) is 5.43. The topological polar surface area (TPSA) is 49.3 Å². The molecule has 0 spiro atoms. The number of nitrogens with one attached hydrogen (secondary N) is 1. The van der Waals surface area contributed by atoms with Crippen LogP contribution in [0.4, 0.5) is 0 Å². The molecule has 0 saturated heterocycles. The highest BCUT2D eigenvalue weighted by Crippen LogP contribution is 2.51. The molecule has 0 radical (unpaired) electrons. The highest BCUT2D eigenvalue weighted by Gasteiger charge is 2.50. The van der Waals surface area contributed by atoms with Gasteiger partial charge in [0.25, 0.3) is 0 Å². The van der Waals surface area contributed by atoms with Gasteiger partial charge < -0.3 is 10.4 Å². The first-order valence-corrected chi connectivity index (χ1v) is 5.43. The average Bonchev–Trinajstić information content (AvgIpc) is 2.68. The maximum absolute atomic E-state index is 11.6. The molecule has 0 heterocycles. The summed E-state index contributed by atoms with van der Waals surface area (Å²) in [5, 5.41) is 12.6. The largest absolute Gasteiger partial charge is 0.388 e. The van der Waals surface area contributed by atoms with Crippen LogP contribution in [0.15, 0.2) is 0 Å². The van der Waals surface area contributed by atoms with Gasteiger partial charge in [-0.3, -0.25) is 4.79 Å². The van der Waals surface area contributed by atoms with Crippen LogP contribution in [0.1, 0.15) is 39.5 Å². The zero-order chi connectivity index (χ0) is 10.4. The van der Waals surface area contributed by atoms with Crippen molar-refractivity contribution in [2.45, 2.75) is 45.1 Å². The third kappa shape index (κ3) is 1.78. The van der Waals surface area contributed by atoms with Crippen LogP contribution < -0.4 is 5.32 Å². The molecule has 2 rings (SSSR count). The van der Waals surface area contributed by atoms with Crippen molar-refractivity contribution >= 4 is 5.91 Å². The van der Waals surface area contributed by atoms with E-state index in [1.54, 1.807) is 0 Å². The molecule has 0 bridgehead atoms. The SMILES string of the molecule is CC1(C)CC1C(=O)NCC1(O)CCC1. The van der Waals surface area contributed by atoms with Crippen LogP contribution in [0.25, 0.3) is 0 Å². The van der Waals surface area contributed by atoms with Gasteiger partial charge in [-0.05, 0) is 31.1 Å². The van der Waals surface area contributed by atoms with Crippen molar-refractivity contribution in [3.8, 4) is 0 Å². The van der Waals surface area contributed by atoms with E-state index >= 15 is 0 Å². The summed E-state index contributed by atoms with van der Waals surface area (Å²) in [5.74, 6) is 0.293. The first kappa shape index (κ1) is 9.97. The maximum Gasteiger partial charge on any atom is 0.223 e. The highest BCUT2D eigenvalue weighted by molar-refractivity contribution is 5.82. The molecule has 3 heteroatoms. The van der Waals surface area contributed by atoms with Gasteiger partial charge in [0, 0.05) is 12.5 Å². The summed E-state index contributed by atoms with van der Waals surface area (Å²) in [6, 6.07) is 0. The fourth-order valence-corrected chi connectivity index (χ4v) is 2.05. The lowest BCUT2D eigenvalue weighted by molar-refractivity contribution is -0.125. The summed E-state index contributed by atoms with van der Waals surface area (Å²) >= 11 is 0. The van der Waals surface area contributed by atoms with Crippen LogP contribution in [0.3, 0.4) is 0 Å². The van der Waals surface area contributed by atoms with E-state index in [1.165, 1.54) is 0 Å². The monoisotopic (exact) mass is 197 g/mol. The molecule has 14 heavy (non-hydrogen) atoms. The Bertz CT molecular complexity index is 256. The van der Waals surface area contributed by atoms with Crippen LogP contribution >= 0.6 is 0 Å². The lowest BCUT2D eigenvalue weighted by Gasteiger charge is -2.36. The first-order chi connectivity index (χ1) is 6.43. The van der Waals surface area contributed by atoms with E-state index in [1.807, 2.05) is 0 Å². The molecule has 2 aliphatic carbocycles. The Morgan fingerprint density at radius 2 is 2.07 bits per heavy atom. The normalized spacial score (nSPS) is 31.8. The smallest absolute Gasteiger partial charge is 0.223 e. The molecule has 1 amide bonds. The zero-order valence-electron chi connectivity index (χ0n) is 8.97. The van der Waals surface area contributed by atoms with Crippen LogP contribution in [0, 0.1) is 11.3 Å². The minimum atomic E-state index is -0.589. The van der Waals surface area contributed by atoms with Crippen LogP contribution in [-0.4, -0.2) is 23.2 Å². The third-order valence-corrected chi connectivity index (χ3v) is 3.71. The fraction of sp³-hybridized carbons (Fsp3) is 0.909. The molecule has 0 aromatic heterocycles. The van der Waals surface area contributed by atoms with Crippen molar-refractivity contribution in [3.63, 3.8) is 0 Å². The van der Waals surface area contributed by atoms with E-state index in [0.717, 1.165) is 25.7 Å². The quantitative estimate of drug-likeness (QED) is 0.711. The lowest BCUT2D eigenvalue weighted by atomic mass is 9.80. The van der Waals surface area contributed by atoms with Crippen molar-refractivity contribution in [1.82, 2.24) is 5.32 Å². The Labute approximate surface area is 84.9 Å². The average molecular weight is 197 g/mol. The van der Waals surface area contributed by atoms with E-state index in [4.69, 9.17) is 0 Å². The van der Waals surface area contributed by atoms with Gasteiger partial charge in [-0.25, -0.2) is 0 Å². The number of amides is 1. The van der Waals surface area contributed by atoms with Crippen LogP contribution in [0.5, 0.6) is 0 Å². The molecule has 0 aromatic carbocycles. The standard InChI is InChI=1S/C11H19NO2/c1-10(2)6-8(10)9(13)12-7-11(14)4-3-5-11/h8,14H,3-7H2,1-2H3,(H,12,13). The number of aliphatic hydroxyl groups is 1. The molecule has 2 N–H and O–H groups in total. The Kier molecular flexibility index (Phi) is 2.11. The third-order valence-electron chi connectivity index (χ3n) is 3.71. The van der Waals surface area contributed by atoms with Crippen LogP contribution in [-0.2, 0) is 4.79 Å². The second kappa shape index (κ2) is 2.96. The van der Waals surface area contributed by atoms with Crippen molar-refractivity contribution in [2.24, 2.45) is 11.3 Å².